The van der Waals surface area contributed by atoms with Gasteiger partial charge in [-0.2, -0.15) is 4.31 Å². The molecule has 1 N–H and O–H groups in total. The maximum Gasteiger partial charge on any atom is 0.255 e. The fourth-order valence-electron chi connectivity index (χ4n) is 3.35. The van der Waals surface area contributed by atoms with Gasteiger partial charge in [0.25, 0.3) is 5.91 Å². The lowest BCUT2D eigenvalue weighted by Crippen LogP contribution is -2.32. The van der Waals surface area contributed by atoms with Gasteiger partial charge in [-0.05, 0) is 49.2 Å². The number of aromatic nitrogens is 1. The van der Waals surface area contributed by atoms with E-state index in [1.165, 1.54) is 28.6 Å². The van der Waals surface area contributed by atoms with Crippen LogP contribution < -0.4 is 10.1 Å². The molecule has 0 aliphatic rings. The third kappa shape index (κ3) is 5.03. The Morgan fingerprint density at radius 2 is 1.74 bits per heavy atom. The van der Waals surface area contributed by atoms with Gasteiger partial charge in [-0.1, -0.05) is 19.9 Å². The van der Waals surface area contributed by atoms with E-state index in [1.54, 1.807) is 19.4 Å². The topological polar surface area (TPSA) is 88.6 Å². The zero-order chi connectivity index (χ0) is 22.4. The van der Waals surface area contributed by atoms with Gasteiger partial charge in [0.05, 0.1) is 23.2 Å². The Balaban J connectivity index is 1.85. The maximum absolute atomic E-state index is 12.9. The molecule has 1 heterocycles. The van der Waals surface area contributed by atoms with Crippen molar-refractivity contribution in [3.05, 3.63) is 60.3 Å². The molecule has 31 heavy (non-hydrogen) atoms. The Morgan fingerprint density at radius 1 is 1.06 bits per heavy atom. The number of hydrogen-bond acceptors (Lipinski definition) is 5. The second kappa shape index (κ2) is 9.89. The molecule has 0 saturated carbocycles. The van der Waals surface area contributed by atoms with Gasteiger partial charge in [-0.3, -0.25) is 9.78 Å². The number of pyridine rings is 1. The van der Waals surface area contributed by atoms with Crippen molar-refractivity contribution in [3.8, 4) is 5.75 Å². The average molecular weight is 442 g/mol. The first-order valence-electron chi connectivity index (χ1n) is 10.2. The molecule has 3 aromatic rings. The highest BCUT2D eigenvalue weighted by molar-refractivity contribution is 7.89. The molecule has 0 fully saturated rings. The Hall–Kier alpha value is -2.97. The van der Waals surface area contributed by atoms with Crippen LogP contribution in [0.5, 0.6) is 5.75 Å². The quantitative estimate of drug-likeness (QED) is 0.535. The van der Waals surface area contributed by atoms with Crippen molar-refractivity contribution in [3.63, 3.8) is 0 Å². The third-order valence-electron chi connectivity index (χ3n) is 4.86. The van der Waals surface area contributed by atoms with Crippen molar-refractivity contribution in [2.24, 2.45) is 0 Å². The lowest BCUT2D eigenvalue weighted by atomic mass is 10.1. The molecule has 0 saturated heterocycles. The number of ether oxygens (including phenoxy) is 1. The monoisotopic (exact) mass is 441 g/mol. The van der Waals surface area contributed by atoms with Gasteiger partial charge in [0.1, 0.15) is 5.75 Å². The number of carbonyl (C=O) groups is 1. The summed E-state index contributed by atoms with van der Waals surface area (Å²) >= 11 is 0. The highest BCUT2D eigenvalue weighted by Gasteiger charge is 2.23. The number of nitrogens with zero attached hydrogens (tertiary/aromatic N) is 2. The molecule has 3 rings (SSSR count). The summed E-state index contributed by atoms with van der Waals surface area (Å²) < 4.78 is 32.6. The van der Waals surface area contributed by atoms with E-state index in [0.717, 1.165) is 18.2 Å². The van der Waals surface area contributed by atoms with Gasteiger partial charge in [-0.25, -0.2) is 8.42 Å². The molecule has 0 bridgehead atoms. The van der Waals surface area contributed by atoms with Crippen molar-refractivity contribution < 1.29 is 17.9 Å². The highest BCUT2D eigenvalue weighted by atomic mass is 32.2. The van der Waals surface area contributed by atoms with E-state index in [1.807, 2.05) is 32.0 Å². The Bertz CT molecular complexity index is 1160. The summed E-state index contributed by atoms with van der Waals surface area (Å²) in [5, 5.41) is 3.69. The summed E-state index contributed by atoms with van der Waals surface area (Å²) in [5.74, 6) is 0.243. The smallest absolute Gasteiger partial charge is 0.255 e. The van der Waals surface area contributed by atoms with Crippen LogP contribution in [0.1, 0.15) is 37.0 Å². The summed E-state index contributed by atoms with van der Waals surface area (Å²) in [6, 6.07) is 13.2. The first-order valence-corrected chi connectivity index (χ1v) is 11.7. The number of hydrogen-bond donors (Lipinski definition) is 1. The summed E-state index contributed by atoms with van der Waals surface area (Å²) in [6.45, 7) is 4.83. The van der Waals surface area contributed by atoms with E-state index in [-0.39, 0.29) is 10.8 Å². The van der Waals surface area contributed by atoms with Crippen LogP contribution in [0.4, 0.5) is 5.69 Å². The molecule has 0 unspecified atom stereocenters. The molecule has 0 radical (unpaired) electrons. The van der Waals surface area contributed by atoms with E-state index in [4.69, 9.17) is 4.74 Å². The largest absolute Gasteiger partial charge is 0.497 e. The molecular formula is C23H27N3O4S. The maximum atomic E-state index is 12.9. The van der Waals surface area contributed by atoms with Crippen LogP contribution in [0.2, 0.25) is 0 Å². The van der Waals surface area contributed by atoms with Crippen molar-refractivity contribution in [2.45, 2.75) is 31.6 Å². The van der Waals surface area contributed by atoms with Crippen molar-refractivity contribution in [1.82, 2.24) is 9.29 Å². The standard InChI is InChI=1S/C23H27N3O4S/c1-4-13-26(14-5-2)31(28,29)20-10-8-17(9-11-20)23(27)25-21-16-19(30-3)15-18-7-6-12-24-22(18)21/h6-12,15-16H,4-5,13-14H2,1-3H3,(H,25,27). The molecule has 1 amide bonds. The number of rotatable bonds is 9. The molecule has 0 aliphatic heterocycles. The second-order valence-electron chi connectivity index (χ2n) is 7.13. The molecule has 7 nitrogen and oxygen atoms in total. The minimum atomic E-state index is -3.59. The van der Waals surface area contributed by atoms with Crippen LogP contribution in [-0.2, 0) is 10.0 Å². The van der Waals surface area contributed by atoms with Gasteiger partial charge < -0.3 is 10.1 Å². The summed E-state index contributed by atoms with van der Waals surface area (Å²) in [5.41, 5.74) is 1.52. The highest BCUT2D eigenvalue weighted by Crippen LogP contribution is 2.28. The summed E-state index contributed by atoms with van der Waals surface area (Å²) in [7, 11) is -2.03. The molecule has 1 aromatic heterocycles. The molecule has 0 spiro atoms. The van der Waals surface area contributed by atoms with E-state index >= 15 is 0 Å². The van der Waals surface area contributed by atoms with Gasteiger partial charge >= 0.3 is 0 Å². The number of benzene rings is 2. The van der Waals surface area contributed by atoms with Crippen molar-refractivity contribution in [1.29, 1.82) is 0 Å². The second-order valence-corrected chi connectivity index (χ2v) is 9.07. The predicted molar refractivity (Wildman–Crippen MR) is 122 cm³/mol. The number of methoxy groups -OCH3 is 1. The van der Waals surface area contributed by atoms with Crippen molar-refractivity contribution in [2.75, 3.05) is 25.5 Å². The number of carbonyl (C=O) groups excluding carboxylic acids is 1. The molecule has 2 aromatic carbocycles. The van der Waals surface area contributed by atoms with Gasteiger partial charge in [0.2, 0.25) is 10.0 Å². The number of sulfonamides is 1. The fraction of sp³-hybridized carbons (Fsp3) is 0.304. The zero-order valence-corrected chi connectivity index (χ0v) is 18.8. The Kier molecular flexibility index (Phi) is 7.25. The van der Waals surface area contributed by atoms with Gasteiger partial charge in [0.15, 0.2) is 0 Å². The normalized spacial score (nSPS) is 11.6. The minimum absolute atomic E-state index is 0.180. The molecule has 0 aliphatic carbocycles. The Labute approximate surface area is 183 Å². The first kappa shape index (κ1) is 22.7. The molecule has 164 valence electrons. The lowest BCUT2D eigenvalue weighted by Gasteiger charge is -2.21. The first-order chi connectivity index (χ1) is 14.9. The minimum Gasteiger partial charge on any atom is -0.497 e. The fourth-order valence-corrected chi connectivity index (χ4v) is 4.97. The number of anilines is 1. The third-order valence-corrected chi connectivity index (χ3v) is 6.78. The van der Waals surface area contributed by atoms with Crippen LogP contribution in [0.3, 0.4) is 0 Å². The van der Waals surface area contributed by atoms with Crippen LogP contribution in [0, 0.1) is 0 Å². The van der Waals surface area contributed by atoms with Gasteiger partial charge in [0, 0.05) is 36.3 Å². The summed E-state index contributed by atoms with van der Waals surface area (Å²) in [4.78, 5) is 17.3. The lowest BCUT2D eigenvalue weighted by molar-refractivity contribution is 0.102. The summed E-state index contributed by atoms with van der Waals surface area (Å²) in [6.07, 6.45) is 3.13. The van der Waals surface area contributed by atoms with E-state index in [2.05, 4.69) is 10.3 Å². The van der Waals surface area contributed by atoms with Crippen LogP contribution in [0.15, 0.2) is 59.6 Å². The van der Waals surface area contributed by atoms with E-state index in [9.17, 15) is 13.2 Å². The predicted octanol–water partition coefficient (Wildman–Crippen LogP) is 4.31. The average Bonchev–Trinajstić information content (AvgIpc) is 2.78. The van der Waals surface area contributed by atoms with E-state index < -0.39 is 10.0 Å². The van der Waals surface area contributed by atoms with Crippen LogP contribution >= 0.6 is 0 Å². The number of amides is 1. The molecule has 0 atom stereocenters. The van der Waals surface area contributed by atoms with Crippen LogP contribution in [-0.4, -0.2) is 43.8 Å². The zero-order valence-electron chi connectivity index (χ0n) is 18.0. The Morgan fingerprint density at radius 3 is 2.35 bits per heavy atom. The van der Waals surface area contributed by atoms with Crippen LogP contribution in [0.25, 0.3) is 10.9 Å². The number of fused-ring (bicyclic) bond motifs is 1. The molecule has 8 heteroatoms. The van der Waals surface area contributed by atoms with Gasteiger partial charge in [-0.15, -0.1) is 0 Å². The molecular weight excluding hydrogens is 414 g/mol. The van der Waals surface area contributed by atoms with E-state index in [0.29, 0.717) is 35.6 Å². The SMILES string of the molecule is CCCN(CCC)S(=O)(=O)c1ccc(C(=O)Nc2cc(OC)cc3cccnc23)cc1. The van der Waals surface area contributed by atoms with Crippen molar-refractivity contribution >= 4 is 32.5 Å². The number of nitrogens with one attached hydrogen (secondary N) is 1.